The predicted molar refractivity (Wildman–Crippen MR) is 129 cm³/mol. The van der Waals surface area contributed by atoms with Crippen LogP contribution in [0.2, 0.25) is 0 Å². The number of amides is 2. The van der Waals surface area contributed by atoms with Gasteiger partial charge in [-0.05, 0) is 67.2 Å². The average Bonchev–Trinajstić information content (AvgIpc) is 3.38. The fraction of sp³-hybridized carbons (Fsp3) is 0.545. The lowest BCUT2D eigenvalue weighted by Crippen LogP contribution is -2.44. The Hall–Kier alpha value is -2.00. The van der Waals surface area contributed by atoms with Crippen LogP contribution in [0.5, 0.6) is 0 Å². The molecular formula is C22H32N4O3S2. The number of urea groups is 1. The Morgan fingerprint density at radius 1 is 1.29 bits per heavy atom. The van der Waals surface area contributed by atoms with Gasteiger partial charge >= 0.3 is 6.03 Å². The molecule has 31 heavy (non-hydrogen) atoms. The highest BCUT2D eigenvalue weighted by Gasteiger charge is 2.32. The average molecular weight is 465 g/mol. The number of benzene rings is 1. The van der Waals surface area contributed by atoms with E-state index in [2.05, 4.69) is 46.9 Å². The molecular weight excluding hydrogens is 432 g/mol. The molecule has 1 atom stereocenters. The van der Waals surface area contributed by atoms with Crippen LogP contribution in [0, 0.1) is 10.8 Å². The largest absolute Gasteiger partial charge is 0.478 e. The normalized spacial score (nSPS) is 24.4. The van der Waals surface area contributed by atoms with Crippen molar-refractivity contribution < 1.29 is 13.7 Å². The molecule has 2 amide bonds. The summed E-state index contributed by atoms with van der Waals surface area (Å²) in [6.45, 7) is 5.28. The lowest BCUT2D eigenvalue weighted by molar-refractivity contribution is 0.0479. The maximum Gasteiger partial charge on any atom is 0.330 e. The molecule has 1 heterocycles. The lowest BCUT2D eigenvalue weighted by Gasteiger charge is -2.36. The highest BCUT2D eigenvalue weighted by Crippen LogP contribution is 2.38. The van der Waals surface area contributed by atoms with Crippen molar-refractivity contribution in [3.8, 4) is 0 Å². The van der Waals surface area contributed by atoms with E-state index < -0.39 is 15.2 Å². The molecule has 0 saturated carbocycles. The summed E-state index contributed by atoms with van der Waals surface area (Å²) in [5.41, 5.74) is 5.87. The van der Waals surface area contributed by atoms with Crippen molar-refractivity contribution in [2.24, 2.45) is 5.41 Å². The summed E-state index contributed by atoms with van der Waals surface area (Å²) in [5.74, 6) is 0.251. The lowest BCUT2D eigenvalue weighted by atomic mass is 9.88. The first-order chi connectivity index (χ1) is 14.8. The number of nitrogens with one attached hydrogen (secondary N) is 4. The van der Waals surface area contributed by atoms with E-state index in [4.69, 9.17) is 10.1 Å². The minimum Gasteiger partial charge on any atom is -0.478 e. The number of rotatable bonds is 5. The molecule has 9 heteroatoms. The standard InChI is InChI=1S/C22H32N4O3S2/c1-3-22(2)12-24-20(29-13-22)18(11-23)31(28,30)26-21(27)25-19-16-8-4-6-14(16)10-15-7-5-9-17(15)19/h10-11,23-24,31H,3-9,12-13H2,1-2H3,(H3,25,26,27,28,30)/b20-18-,23-11?. The van der Waals surface area contributed by atoms with Gasteiger partial charge < -0.3 is 20.8 Å². The van der Waals surface area contributed by atoms with Crippen LogP contribution >= 0.6 is 11.7 Å². The smallest absolute Gasteiger partial charge is 0.330 e. The number of thiol groups is 2. The third-order valence-electron chi connectivity index (χ3n) is 6.75. The van der Waals surface area contributed by atoms with Crippen LogP contribution < -0.4 is 15.4 Å². The van der Waals surface area contributed by atoms with Crippen molar-refractivity contribution in [3.63, 3.8) is 0 Å². The van der Waals surface area contributed by atoms with E-state index in [1.165, 1.54) is 22.3 Å². The van der Waals surface area contributed by atoms with E-state index >= 15 is 0 Å². The zero-order valence-electron chi connectivity index (χ0n) is 18.1. The van der Waals surface area contributed by atoms with E-state index in [1.807, 2.05) is 0 Å². The monoisotopic (exact) mass is 464 g/mol. The number of anilines is 1. The highest BCUT2D eigenvalue weighted by atomic mass is 33.1. The zero-order valence-corrected chi connectivity index (χ0v) is 19.9. The molecule has 2 aliphatic carbocycles. The summed E-state index contributed by atoms with van der Waals surface area (Å²) in [6, 6.07) is 1.73. The summed E-state index contributed by atoms with van der Waals surface area (Å²) < 4.78 is 21.6. The van der Waals surface area contributed by atoms with Gasteiger partial charge in [-0.1, -0.05) is 31.6 Å². The first-order valence-corrected chi connectivity index (χ1v) is 13.8. The summed E-state index contributed by atoms with van der Waals surface area (Å²) in [7, 11) is -3.67. The SMILES string of the molecule is CCC1(C)CN/C(=C(\C=N)[SH](=O)(S)NC(=O)Nc2c3c(cc4c2CCC4)CCC3)OC1. The van der Waals surface area contributed by atoms with Crippen molar-refractivity contribution in [2.45, 2.75) is 58.8 Å². The molecule has 7 nitrogen and oxygen atoms in total. The Balaban J connectivity index is 1.53. The van der Waals surface area contributed by atoms with Gasteiger partial charge in [0.05, 0.1) is 6.61 Å². The first kappa shape index (κ1) is 22.2. The number of allylic oxidation sites excluding steroid dienone is 1. The number of hydrogen-bond donors (Lipinski definition) is 6. The molecule has 0 bridgehead atoms. The van der Waals surface area contributed by atoms with E-state index in [1.54, 1.807) is 0 Å². The maximum absolute atomic E-state index is 13.3. The predicted octanol–water partition coefficient (Wildman–Crippen LogP) is 3.42. The van der Waals surface area contributed by atoms with Crippen LogP contribution in [0.25, 0.3) is 0 Å². The zero-order chi connectivity index (χ0) is 22.2. The topological polar surface area (TPSA) is 103 Å². The van der Waals surface area contributed by atoms with Crippen molar-refractivity contribution >= 4 is 38.7 Å². The van der Waals surface area contributed by atoms with Crippen molar-refractivity contribution in [3.05, 3.63) is 39.1 Å². The molecule has 1 saturated heterocycles. The molecule has 0 radical (unpaired) electrons. The molecule has 1 aliphatic heterocycles. The van der Waals surface area contributed by atoms with Gasteiger partial charge in [0, 0.05) is 33.0 Å². The van der Waals surface area contributed by atoms with E-state index in [0.717, 1.165) is 56.8 Å². The molecule has 4 N–H and O–H groups in total. The molecule has 3 aliphatic rings. The molecule has 0 aromatic heterocycles. The first-order valence-electron chi connectivity index (χ1n) is 11.0. The van der Waals surface area contributed by atoms with Gasteiger partial charge in [0.25, 0.3) is 0 Å². The van der Waals surface area contributed by atoms with Gasteiger partial charge in [-0.15, -0.1) is 0 Å². The maximum atomic E-state index is 13.3. The van der Waals surface area contributed by atoms with Crippen molar-refractivity contribution in [1.82, 2.24) is 10.0 Å². The Bertz CT molecular complexity index is 963. The van der Waals surface area contributed by atoms with Crippen LogP contribution in [0.3, 0.4) is 0 Å². The van der Waals surface area contributed by atoms with Crippen LogP contribution in [0.15, 0.2) is 16.9 Å². The third-order valence-corrected chi connectivity index (χ3v) is 9.19. The second kappa shape index (κ2) is 8.50. The minimum absolute atomic E-state index is 0.0317. The quantitative estimate of drug-likeness (QED) is 0.228. The second-order valence-electron chi connectivity index (χ2n) is 9.04. The molecule has 1 aromatic carbocycles. The molecule has 4 rings (SSSR count). The van der Waals surface area contributed by atoms with Crippen LogP contribution in [-0.4, -0.2) is 29.6 Å². The van der Waals surface area contributed by atoms with Crippen LogP contribution in [0.4, 0.5) is 10.5 Å². The fourth-order valence-corrected chi connectivity index (χ4v) is 6.39. The number of ether oxygens (including phenoxy) is 1. The molecule has 0 spiro atoms. The Morgan fingerprint density at radius 3 is 2.45 bits per heavy atom. The second-order valence-corrected chi connectivity index (χ2v) is 12.6. The van der Waals surface area contributed by atoms with Gasteiger partial charge in [-0.3, -0.25) is 8.93 Å². The van der Waals surface area contributed by atoms with Crippen LogP contribution in [-0.2, 0) is 39.6 Å². The fourth-order valence-electron chi connectivity index (χ4n) is 4.63. The number of hydrogen-bond acceptors (Lipinski definition) is 5. The number of fused-ring (bicyclic) bond motifs is 2. The molecule has 1 fully saturated rings. The summed E-state index contributed by atoms with van der Waals surface area (Å²) in [6.07, 6.45) is 8.01. The minimum atomic E-state index is -3.67. The summed E-state index contributed by atoms with van der Waals surface area (Å²) in [5, 5.41) is 13.9. The number of aryl methyl sites for hydroxylation is 2. The van der Waals surface area contributed by atoms with Crippen molar-refractivity contribution in [1.29, 1.82) is 5.41 Å². The van der Waals surface area contributed by atoms with Gasteiger partial charge in [0.1, 0.15) is 4.91 Å². The van der Waals surface area contributed by atoms with E-state index in [0.29, 0.717) is 13.2 Å². The molecule has 170 valence electrons. The van der Waals surface area contributed by atoms with E-state index in [9.17, 15) is 9.00 Å². The van der Waals surface area contributed by atoms with Crippen molar-refractivity contribution in [2.75, 3.05) is 18.5 Å². The van der Waals surface area contributed by atoms with Gasteiger partial charge in [-0.25, -0.2) is 4.79 Å². The van der Waals surface area contributed by atoms with Gasteiger partial charge in [0.15, 0.2) is 0 Å². The summed E-state index contributed by atoms with van der Waals surface area (Å²) >= 11 is 4.26. The van der Waals surface area contributed by atoms with E-state index in [-0.39, 0.29) is 16.2 Å². The molecule has 1 unspecified atom stereocenters. The molecule has 1 aromatic rings. The number of carbonyl (C=O) groups is 1. The third kappa shape index (κ3) is 4.35. The Morgan fingerprint density at radius 2 is 1.94 bits per heavy atom. The van der Waals surface area contributed by atoms with Gasteiger partial charge in [-0.2, -0.15) is 0 Å². The van der Waals surface area contributed by atoms with Gasteiger partial charge in [0.2, 0.25) is 5.88 Å². The highest BCUT2D eigenvalue weighted by molar-refractivity contribution is 8.70. The Labute approximate surface area is 189 Å². The Kier molecular flexibility index (Phi) is 6.09. The van der Waals surface area contributed by atoms with Crippen LogP contribution in [0.1, 0.15) is 55.4 Å². The summed E-state index contributed by atoms with van der Waals surface area (Å²) in [4.78, 5) is 12.9. The number of carbonyl (C=O) groups excluding carboxylic acids is 1.